The summed E-state index contributed by atoms with van der Waals surface area (Å²) < 4.78 is 0. The first kappa shape index (κ1) is 196. The van der Waals surface area contributed by atoms with Crippen LogP contribution in [-0.2, 0) is 16.4 Å². The Kier molecular flexibility index (Phi) is 3670. The van der Waals surface area contributed by atoms with E-state index < -0.39 is 0 Å². The molecule has 0 bridgehead atoms. The average Bonchev–Trinajstić information content (AvgIpc) is 0. The molecule has 0 radical (unpaired) electrons. The van der Waals surface area contributed by atoms with Crippen molar-refractivity contribution in [2.45, 2.75) is 0 Å². The van der Waals surface area contributed by atoms with Gasteiger partial charge in [0, 0.05) is 0 Å². The quantitative estimate of drug-likeness (QED) is 0.393. The largest absolute Gasteiger partial charge is 3.00 e. The summed E-state index contributed by atoms with van der Waals surface area (Å²) >= 11 is 0. The van der Waals surface area contributed by atoms with Gasteiger partial charge in [0.15, 0.2) is 0 Å². The van der Waals surface area contributed by atoms with Crippen LogP contribution in [0.5, 0.6) is 0 Å². The van der Waals surface area contributed by atoms with E-state index in [1.807, 2.05) is 0 Å². The molecule has 0 rings (SSSR count). The summed E-state index contributed by atoms with van der Waals surface area (Å²) in [6.07, 6.45) is 0. The Morgan fingerprint density at radius 2 is 0.429 bits per heavy atom. The van der Waals surface area contributed by atoms with Crippen LogP contribution < -0.4 is 0 Å². The Morgan fingerprint density at radius 3 is 0.429 bits per heavy atom. The number of hydrogen-bond acceptors (Lipinski definition) is 0. The molecule has 0 heterocycles. The van der Waals surface area contributed by atoms with Crippen LogP contribution in [0.3, 0.4) is 0 Å². The molecule has 0 atom stereocenters. The zero-order valence-electron chi connectivity index (χ0n) is 2.38. The molecule has 0 amide bonds. The summed E-state index contributed by atoms with van der Waals surface area (Å²) in [4.78, 5) is 0. The van der Waals surface area contributed by atoms with Gasteiger partial charge in [0.25, 0.3) is 0 Å². The van der Waals surface area contributed by atoms with Crippen LogP contribution >= 0.6 is 0 Å². The zero-order valence-corrected chi connectivity index (χ0v) is 7.22. The summed E-state index contributed by atoms with van der Waals surface area (Å²) in [5.41, 5.74) is 0. The van der Waals surface area contributed by atoms with Gasteiger partial charge in [-0.2, -0.15) is 0 Å². The third-order valence-corrected chi connectivity index (χ3v) is 0. The maximum atomic E-state index is 0. The van der Waals surface area contributed by atoms with Crippen LogP contribution in [-0.4, -0.2) is 61.5 Å². The molecule has 0 aromatic rings. The van der Waals surface area contributed by atoms with E-state index in [4.69, 9.17) is 0 Å². The summed E-state index contributed by atoms with van der Waals surface area (Å²) in [5, 5.41) is 0. The minimum absolute atomic E-state index is 0. The molecule has 0 aliphatic carbocycles. The van der Waals surface area contributed by atoms with Gasteiger partial charge < -0.3 is 16.4 Å². The Balaban J connectivity index is 0. The first-order valence-corrected chi connectivity index (χ1v) is 0. The van der Waals surface area contributed by atoms with Crippen LogP contribution in [0.15, 0.2) is 0 Å². The maximum absolute atomic E-state index is 0. The topological polar surface area (TPSA) is 85.5 Å². The van der Waals surface area contributed by atoms with Gasteiger partial charge in [-0.25, -0.2) is 0 Å². The molecule has 0 saturated carbocycles. The van der Waals surface area contributed by atoms with E-state index in [0.717, 1.165) is 0 Å². The minimum atomic E-state index is 0. The van der Waals surface area contributed by atoms with E-state index in [2.05, 4.69) is 0 Å². The van der Waals surface area contributed by atoms with Crippen LogP contribution in [0.1, 0.15) is 0 Å². The summed E-state index contributed by atoms with van der Waals surface area (Å²) in [5.74, 6) is 0. The van der Waals surface area contributed by atoms with Crippen LogP contribution in [0.2, 0.25) is 0 Å². The van der Waals surface area contributed by atoms with E-state index in [0.29, 0.717) is 0 Å². The molecule has 0 saturated heterocycles. The predicted octanol–water partition coefficient (Wildman–Crippen LogP) is -4.02. The third-order valence-electron chi connectivity index (χ3n) is 0. The smallest absolute Gasteiger partial charge is 2.00 e. The fraction of sp³-hybridized carbons (Fsp3) is 0. The number of rotatable bonds is 0. The summed E-state index contributed by atoms with van der Waals surface area (Å²) in [6, 6.07) is 0. The first-order chi connectivity index (χ1) is 0. The Hall–Kier alpha value is 1.59. The van der Waals surface area contributed by atoms with Crippen molar-refractivity contribution in [1.82, 2.24) is 0 Å². The van der Waals surface area contributed by atoms with E-state index in [1.165, 1.54) is 0 Å². The third kappa shape index (κ3) is 94.1. The SMILES string of the molecule is [Ga+3].[Ga+3].[O-2].[O-2].[O-2].[SiH4].[SiH4]. The first-order valence-electron chi connectivity index (χ1n) is 0. The summed E-state index contributed by atoms with van der Waals surface area (Å²) in [7, 11) is 0. The van der Waals surface area contributed by atoms with Gasteiger partial charge in [-0.3, -0.25) is 0 Å². The van der Waals surface area contributed by atoms with E-state index in [1.54, 1.807) is 0 Å². The monoisotopic (exact) mass is 250 g/mol. The summed E-state index contributed by atoms with van der Waals surface area (Å²) in [6.45, 7) is 0. The molecule has 0 aromatic carbocycles. The standard InChI is InChI=1S/2Ga.3O.2H4Si/h;;;;;2*1H4/q2*+3;3*-2;;. The van der Waals surface area contributed by atoms with Gasteiger partial charge in [-0.1, -0.05) is 0 Å². The zero-order chi connectivity index (χ0) is 0. The predicted molar refractivity (Wildman–Crippen MR) is 36.2 cm³/mol. The van der Waals surface area contributed by atoms with Gasteiger partial charge in [-0.05, 0) is 21.9 Å². The van der Waals surface area contributed by atoms with Gasteiger partial charge >= 0.3 is 39.6 Å². The average molecular weight is 252 g/mol. The molecule has 0 unspecified atom stereocenters. The van der Waals surface area contributed by atoms with Crippen molar-refractivity contribution in [1.29, 1.82) is 0 Å². The molecule has 0 aliphatic heterocycles. The molecule has 0 aromatic heterocycles. The molecular weight excluding hydrogens is 244 g/mol. The Bertz CT molecular complexity index is 10.9. The molecular formula is H8Ga2O3Si2. The fourth-order valence-corrected chi connectivity index (χ4v) is 0. The Morgan fingerprint density at radius 1 is 0.429 bits per heavy atom. The normalized spacial score (nSPS) is 0. The molecule has 0 spiro atoms. The molecule has 7 heteroatoms. The van der Waals surface area contributed by atoms with Crippen molar-refractivity contribution in [3.05, 3.63) is 0 Å². The molecule has 0 N–H and O–H groups in total. The van der Waals surface area contributed by atoms with Crippen molar-refractivity contribution in [3.63, 3.8) is 0 Å². The molecule has 0 aliphatic rings. The van der Waals surface area contributed by atoms with Crippen molar-refractivity contribution in [3.8, 4) is 0 Å². The van der Waals surface area contributed by atoms with E-state index in [-0.39, 0.29) is 77.9 Å². The van der Waals surface area contributed by atoms with Gasteiger partial charge in [0.2, 0.25) is 0 Å². The Labute approximate surface area is 77.7 Å². The van der Waals surface area contributed by atoms with Crippen LogP contribution in [0.25, 0.3) is 0 Å². The maximum Gasteiger partial charge on any atom is 3.00 e. The fourth-order valence-electron chi connectivity index (χ4n) is 0. The van der Waals surface area contributed by atoms with Crippen molar-refractivity contribution in [2.24, 2.45) is 0 Å². The second kappa shape index (κ2) is 131. The van der Waals surface area contributed by atoms with Gasteiger partial charge in [0.1, 0.15) is 0 Å². The van der Waals surface area contributed by atoms with Crippen molar-refractivity contribution in [2.75, 3.05) is 0 Å². The molecule has 0 fully saturated rings. The molecule has 3 nitrogen and oxygen atoms in total. The second-order valence-electron chi connectivity index (χ2n) is 0. The number of hydrogen-bond donors (Lipinski definition) is 0. The van der Waals surface area contributed by atoms with Crippen molar-refractivity contribution < 1.29 is 16.4 Å². The van der Waals surface area contributed by atoms with Gasteiger partial charge in [-0.15, -0.1) is 0 Å². The molecule has 7 heavy (non-hydrogen) atoms. The van der Waals surface area contributed by atoms with Crippen LogP contribution in [0.4, 0.5) is 0 Å². The van der Waals surface area contributed by atoms with E-state index in [9.17, 15) is 0 Å². The van der Waals surface area contributed by atoms with Crippen molar-refractivity contribution >= 4 is 61.5 Å². The van der Waals surface area contributed by atoms with E-state index >= 15 is 0 Å². The van der Waals surface area contributed by atoms with Crippen LogP contribution in [0, 0.1) is 0 Å². The second-order valence-corrected chi connectivity index (χ2v) is 0. The molecule has 40 valence electrons. The van der Waals surface area contributed by atoms with Gasteiger partial charge in [0.05, 0.1) is 0 Å². The minimum Gasteiger partial charge on any atom is -2.00 e.